The minimum absolute atomic E-state index is 0.0406. The highest BCUT2D eigenvalue weighted by molar-refractivity contribution is 5.74. The predicted molar refractivity (Wildman–Crippen MR) is 69.6 cm³/mol. The van der Waals surface area contributed by atoms with Crippen molar-refractivity contribution in [2.45, 2.75) is 19.9 Å². The van der Waals surface area contributed by atoms with E-state index in [2.05, 4.69) is 5.32 Å². The number of urea groups is 1. The number of hydrogen-bond acceptors (Lipinski definition) is 2. The summed E-state index contributed by atoms with van der Waals surface area (Å²) in [4.78, 5) is 13.6. The van der Waals surface area contributed by atoms with Gasteiger partial charge in [0.05, 0.1) is 0 Å². The van der Waals surface area contributed by atoms with E-state index in [1.54, 1.807) is 4.90 Å². The molecule has 3 N–H and O–H groups in total. The summed E-state index contributed by atoms with van der Waals surface area (Å²) in [5, 5.41) is 2.87. The van der Waals surface area contributed by atoms with Gasteiger partial charge in [0.15, 0.2) is 0 Å². The topological polar surface area (TPSA) is 58.4 Å². The number of nitrogens with one attached hydrogen (secondary N) is 1. The zero-order valence-corrected chi connectivity index (χ0v) is 10.4. The zero-order chi connectivity index (χ0) is 12.5. The van der Waals surface area contributed by atoms with Gasteiger partial charge in [-0.1, -0.05) is 37.3 Å². The maximum atomic E-state index is 11.9. The molecule has 0 spiro atoms. The fraction of sp³-hybridized carbons (Fsp3) is 0.462. The first-order chi connectivity index (χ1) is 8.27. The van der Waals surface area contributed by atoms with E-state index in [0.717, 1.165) is 12.0 Å². The van der Waals surface area contributed by atoms with E-state index in [0.29, 0.717) is 26.2 Å². The van der Waals surface area contributed by atoms with E-state index in [1.165, 1.54) is 0 Å². The SMILES string of the molecule is CCCNC(=O)N(CCN)Cc1ccccc1. The number of amides is 2. The summed E-state index contributed by atoms with van der Waals surface area (Å²) < 4.78 is 0. The molecule has 2 amide bonds. The van der Waals surface area contributed by atoms with E-state index in [9.17, 15) is 4.79 Å². The highest BCUT2D eigenvalue weighted by Crippen LogP contribution is 2.04. The molecule has 17 heavy (non-hydrogen) atoms. The molecule has 0 atom stereocenters. The summed E-state index contributed by atoms with van der Waals surface area (Å²) >= 11 is 0. The van der Waals surface area contributed by atoms with Gasteiger partial charge in [0.1, 0.15) is 0 Å². The van der Waals surface area contributed by atoms with Crippen molar-refractivity contribution >= 4 is 6.03 Å². The van der Waals surface area contributed by atoms with Crippen LogP contribution in [-0.2, 0) is 6.54 Å². The molecule has 0 heterocycles. The lowest BCUT2D eigenvalue weighted by atomic mass is 10.2. The number of carbonyl (C=O) groups excluding carboxylic acids is 1. The summed E-state index contributed by atoms with van der Waals surface area (Å²) in [6.07, 6.45) is 0.938. The van der Waals surface area contributed by atoms with Crippen molar-refractivity contribution in [3.05, 3.63) is 35.9 Å². The second-order valence-electron chi connectivity index (χ2n) is 3.93. The number of nitrogens with zero attached hydrogens (tertiary/aromatic N) is 1. The fourth-order valence-electron chi connectivity index (χ4n) is 1.56. The molecule has 0 aromatic heterocycles. The number of hydrogen-bond donors (Lipinski definition) is 2. The maximum Gasteiger partial charge on any atom is 0.317 e. The van der Waals surface area contributed by atoms with Crippen molar-refractivity contribution in [2.24, 2.45) is 5.73 Å². The second-order valence-corrected chi connectivity index (χ2v) is 3.93. The predicted octanol–water partition coefficient (Wildman–Crippen LogP) is 1.57. The van der Waals surface area contributed by atoms with Crippen molar-refractivity contribution in [1.82, 2.24) is 10.2 Å². The van der Waals surface area contributed by atoms with Crippen LogP contribution in [0.1, 0.15) is 18.9 Å². The molecule has 0 bridgehead atoms. The van der Waals surface area contributed by atoms with Gasteiger partial charge in [0.25, 0.3) is 0 Å². The van der Waals surface area contributed by atoms with Crippen molar-refractivity contribution < 1.29 is 4.79 Å². The normalized spacial score (nSPS) is 10.0. The fourth-order valence-corrected chi connectivity index (χ4v) is 1.56. The Labute approximate surface area is 103 Å². The zero-order valence-electron chi connectivity index (χ0n) is 10.4. The molecule has 0 aliphatic rings. The third-order valence-corrected chi connectivity index (χ3v) is 2.43. The smallest absolute Gasteiger partial charge is 0.317 e. The molecule has 4 heteroatoms. The first-order valence-corrected chi connectivity index (χ1v) is 6.04. The number of nitrogens with two attached hydrogens (primary N) is 1. The Hall–Kier alpha value is -1.55. The van der Waals surface area contributed by atoms with E-state index in [1.807, 2.05) is 37.3 Å². The van der Waals surface area contributed by atoms with Gasteiger partial charge in [-0.2, -0.15) is 0 Å². The Balaban J connectivity index is 2.56. The molecule has 1 aromatic carbocycles. The lowest BCUT2D eigenvalue weighted by Crippen LogP contribution is -2.42. The highest BCUT2D eigenvalue weighted by atomic mass is 16.2. The van der Waals surface area contributed by atoms with Crippen LogP contribution in [0.3, 0.4) is 0 Å². The first kappa shape index (κ1) is 13.5. The third-order valence-electron chi connectivity index (χ3n) is 2.43. The summed E-state index contributed by atoms with van der Waals surface area (Å²) in [6.45, 7) is 4.39. The van der Waals surface area contributed by atoms with Crippen molar-refractivity contribution in [3.63, 3.8) is 0 Å². The lowest BCUT2D eigenvalue weighted by Gasteiger charge is -2.22. The average Bonchev–Trinajstić information content (AvgIpc) is 2.36. The van der Waals surface area contributed by atoms with Crippen molar-refractivity contribution in [2.75, 3.05) is 19.6 Å². The lowest BCUT2D eigenvalue weighted by molar-refractivity contribution is 0.196. The molecule has 4 nitrogen and oxygen atoms in total. The molecule has 0 unspecified atom stereocenters. The molecule has 0 fully saturated rings. The van der Waals surface area contributed by atoms with Gasteiger partial charge in [0, 0.05) is 26.2 Å². The van der Waals surface area contributed by atoms with Crippen LogP contribution in [0, 0.1) is 0 Å². The first-order valence-electron chi connectivity index (χ1n) is 6.04. The average molecular weight is 235 g/mol. The van der Waals surface area contributed by atoms with Gasteiger partial charge >= 0.3 is 6.03 Å². The van der Waals surface area contributed by atoms with Gasteiger partial charge in [-0.05, 0) is 12.0 Å². The van der Waals surface area contributed by atoms with Crippen molar-refractivity contribution in [3.8, 4) is 0 Å². The number of benzene rings is 1. The molecule has 0 saturated carbocycles. The minimum atomic E-state index is -0.0406. The monoisotopic (exact) mass is 235 g/mol. The molecule has 0 saturated heterocycles. The molecule has 0 aliphatic carbocycles. The Morgan fingerprint density at radius 2 is 2.06 bits per heavy atom. The van der Waals surface area contributed by atoms with Crippen molar-refractivity contribution in [1.29, 1.82) is 0 Å². The summed E-state index contributed by atoms with van der Waals surface area (Å²) in [6, 6.07) is 9.89. The van der Waals surface area contributed by atoms with E-state index in [-0.39, 0.29) is 6.03 Å². The molecule has 0 radical (unpaired) electrons. The summed E-state index contributed by atoms with van der Waals surface area (Å²) in [5.74, 6) is 0. The van der Waals surface area contributed by atoms with Crippen LogP contribution in [0.25, 0.3) is 0 Å². The van der Waals surface area contributed by atoms with Gasteiger partial charge in [0.2, 0.25) is 0 Å². The maximum absolute atomic E-state index is 11.9. The Morgan fingerprint density at radius 1 is 1.35 bits per heavy atom. The Kier molecular flexibility index (Phi) is 6.10. The van der Waals surface area contributed by atoms with Crippen LogP contribution in [0.15, 0.2) is 30.3 Å². The Bertz CT molecular complexity index is 327. The van der Waals surface area contributed by atoms with E-state index >= 15 is 0 Å². The third kappa shape index (κ3) is 4.87. The van der Waals surface area contributed by atoms with Gasteiger partial charge in [-0.15, -0.1) is 0 Å². The quantitative estimate of drug-likeness (QED) is 0.786. The molecule has 1 rings (SSSR count). The minimum Gasteiger partial charge on any atom is -0.338 e. The molecule has 0 aliphatic heterocycles. The van der Waals surface area contributed by atoms with Gasteiger partial charge < -0.3 is 16.0 Å². The molecular weight excluding hydrogens is 214 g/mol. The Morgan fingerprint density at radius 3 is 2.65 bits per heavy atom. The van der Waals surface area contributed by atoms with Gasteiger partial charge in [-0.25, -0.2) is 4.79 Å². The summed E-state index contributed by atoms with van der Waals surface area (Å²) in [5.41, 5.74) is 6.65. The van der Waals surface area contributed by atoms with Crippen LogP contribution in [0.4, 0.5) is 4.79 Å². The van der Waals surface area contributed by atoms with Crippen LogP contribution in [0.2, 0.25) is 0 Å². The molecule has 1 aromatic rings. The van der Waals surface area contributed by atoms with Crippen LogP contribution >= 0.6 is 0 Å². The highest BCUT2D eigenvalue weighted by Gasteiger charge is 2.11. The standard InChI is InChI=1S/C13H21N3O/c1-2-9-15-13(17)16(10-8-14)11-12-6-4-3-5-7-12/h3-7H,2,8-11,14H2,1H3,(H,15,17). The molecule has 94 valence electrons. The number of carbonyl (C=O) groups is 1. The van der Waals surface area contributed by atoms with Gasteiger partial charge in [-0.3, -0.25) is 0 Å². The van der Waals surface area contributed by atoms with E-state index in [4.69, 9.17) is 5.73 Å². The van der Waals surface area contributed by atoms with Crippen LogP contribution in [-0.4, -0.2) is 30.6 Å². The van der Waals surface area contributed by atoms with E-state index < -0.39 is 0 Å². The van der Waals surface area contributed by atoms with Crippen LogP contribution in [0.5, 0.6) is 0 Å². The number of rotatable bonds is 6. The second kappa shape index (κ2) is 7.68. The van der Waals surface area contributed by atoms with Crippen LogP contribution < -0.4 is 11.1 Å². The summed E-state index contributed by atoms with van der Waals surface area (Å²) in [7, 11) is 0. The largest absolute Gasteiger partial charge is 0.338 e. The molecular formula is C13H21N3O.